The number of nitrogens with zero attached hydrogens (tertiary/aromatic N) is 1. The zero-order chi connectivity index (χ0) is 12.0. The van der Waals surface area contributed by atoms with E-state index < -0.39 is 0 Å². The largest absolute Gasteiger partial charge is 0.492 e. The van der Waals surface area contributed by atoms with Crippen molar-refractivity contribution in [2.24, 2.45) is 5.92 Å². The summed E-state index contributed by atoms with van der Waals surface area (Å²) < 4.78 is 5.44. The minimum absolute atomic E-state index is 0.0447. The smallest absolute Gasteiger partial charge is 0.167 e. The number of hydrogen-bond acceptors (Lipinski definition) is 3. The first-order chi connectivity index (χ1) is 7.69. The molecule has 1 aromatic rings. The summed E-state index contributed by atoms with van der Waals surface area (Å²) >= 11 is 0. The van der Waals surface area contributed by atoms with Gasteiger partial charge in [0.05, 0.1) is 12.8 Å². The Morgan fingerprint density at radius 3 is 2.81 bits per heavy atom. The molecule has 1 aromatic heterocycles. The van der Waals surface area contributed by atoms with Gasteiger partial charge in [-0.3, -0.25) is 9.78 Å². The fourth-order valence-corrected chi connectivity index (χ4v) is 1.32. The molecular weight excluding hydrogens is 202 g/mol. The van der Waals surface area contributed by atoms with Crippen molar-refractivity contribution in [1.29, 1.82) is 0 Å². The summed E-state index contributed by atoms with van der Waals surface area (Å²) in [5.74, 6) is 0.858. The molecule has 3 heteroatoms. The Morgan fingerprint density at radius 2 is 2.19 bits per heavy atom. The van der Waals surface area contributed by atoms with E-state index in [-0.39, 0.29) is 11.7 Å². The third kappa shape index (κ3) is 3.33. The zero-order valence-corrected chi connectivity index (χ0v) is 10.2. The standard InChI is InChI=1S/C13H19NO2/c1-4-6-16-12-7-11(8-14-9-12)13(15)10(3)5-2/h7-10H,4-6H2,1-3H3. The topological polar surface area (TPSA) is 39.2 Å². The molecule has 1 atom stereocenters. The van der Waals surface area contributed by atoms with Gasteiger partial charge in [0, 0.05) is 17.7 Å². The summed E-state index contributed by atoms with van der Waals surface area (Å²) in [6.07, 6.45) is 5.04. The number of ether oxygens (including phenoxy) is 1. The molecule has 0 aliphatic rings. The first kappa shape index (κ1) is 12.7. The molecule has 0 saturated heterocycles. The summed E-state index contributed by atoms with van der Waals surface area (Å²) in [6.45, 7) is 6.64. The van der Waals surface area contributed by atoms with E-state index in [1.807, 2.05) is 20.8 Å². The highest BCUT2D eigenvalue weighted by molar-refractivity contribution is 5.97. The molecule has 1 heterocycles. The van der Waals surface area contributed by atoms with Gasteiger partial charge < -0.3 is 4.74 Å². The Hall–Kier alpha value is -1.38. The van der Waals surface area contributed by atoms with Crippen LogP contribution in [0, 0.1) is 5.92 Å². The average Bonchev–Trinajstić information content (AvgIpc) is 2.34. The second-order valence-corrected chi connectivity index (χ2v) is 3.93. The van der Waals surface area contributed by atoms with Gasteiger partial charge in [-0.2, -0.15) is 0 Å². The van der Waals surface area contributed by atoms with Gasteiger partial charge in [-0.1, -0.05) is 20.8 Å². The molecule has 0 spiro atoms. The van der Waals surface area contributed by atoms with Gasteiger partial charge in [0.15, 0.2) is 5.78 Å². The van der Waals surface area contributed by atoms with Gasteiger partial charge in [-0.25, -0.2) is 0 Å². The number of pyridine rings is 1. The number of aromatic nitrogens is 1. The second-order valence-electron chi connectivity index (χ2n) is 3.93. The maximum atomic E-state index is 11.9. The SMILES string of the molecule is CCCOc1cncc(C(=O)C(C)CC)c1. The lowest BCUT2D eigenvalue weighted by atomic mass is 9.98. The van der Waals surface area contributed by atoms with Crippen molar-refractivity contribution < 1.29 is 9.53 Å². The molecule has 0 bridgehead atoms. The second kappa shape index (κ2) is 6.26. The summed E-state index contributed by atoms with van der Waals surface area (Å²) in [5.41, 5.74) is 0.642. The average molecular weight is 221 g/mol. The number of carbonyl (C=O) groups is 1. The van der Waals surface area contributed by atoms with Gasteiger partial charge in [-0.15, -0.1) is 0 Å². The molecule has 88 valence electrons. The molecule has 1 unspecified atom stereocenters. The first-order valence-corrected chi connectivity index (χ1v) is 5.81. The van der Waals surface area contributed by atoms with Crippen molar-refractivity contribution in [2.75, 3.05) is 6.61 Å². The Kier molecular flexibility index (Phi) is 4.96. The third-order valence-electron chi connectivity index (χ3n) is 2.53. The molecule has 0 saturated carbocycles. The van der Waals surface area contributed by atoms with Crippen LogP contribution in [0.1, 0.15) is 44.0 Å². The summed E-state index contributed by atoms with van der Waals surface area (Å²) in [6, 6.07) is 1.77. The Morgan fingerprint density at radius 1 is 1.44 bits per heavy atom. The van der Waals surface area contributed by atoms with Crippen LogP contribution in [0.5, 0.6) is 5.75 Å². The molecule has 1 rings (SSSR count). The van der Waals surface area contributed by atoms with E-state index in [4.69, 9.17) is 4.74 Å². The van der Waals surface area contributed by atoms with Crippen molar-refractivity contribution in [3.63, 3.8) is 0 Å². The first-order valence-electron chi connectivity index (χ1n) is 5.81. The molecule has 0 amide bonds. The molecule has 0 aliphatic heterocycles. The van der Waals surface area contributed by atoms with Gasteiger partial charge >= 0.3 is 0 Å². The van der Waals surface area contributed by atoms with Gasteiger partial charge in [-0.05, 0) is 18.9 Å². The molecule has 0 aromatic carbocycles. The van der Waals surface area contributed by atoms with E-state index in [9.17, 15) is 4.79 Å². The van der Waals surface area contributed by atoms with Gasteiger partial charge in [0.25, 0.3) is 0 Å². The Balaban J connectivity index is 2.77. The Labute approximate surface area is 96.8 Å². The maximum absolute atomic E-state index is 11.9. The highest BCUT2D eigenvalue weighted by Crippen LogP contribution is 2.16. The lowest BCUT2D eigenvalue weighted by Gasteiger charge is -2.09. The monoisotopic (exact) mass is 221 g/mol. The lowest BCUT2D eigenvalue weighted by Crippen LogP contribution is -2.10. The van der Waals surface area contributed by atoms with Crippen molar-refractivity contribution in [3.8, 4) is 5.75 Å². The third-order valence-corrected chi connectivity index (χ3v) is 2.53. The number of Topliss-reactive ketones (excluding diaryl/α,β-unsaturated/α-hetero) is 1. The molecule has 3 nitrogen and oxygen atoms in total. The van der Waals surface area contributed by atoms with Gasteiger partial charge in [0.2, 0.25) is 0 Å². The van der Waals surface area contributed by atoms with Crippen molar-refractivity contribution in [3.05, 3.63) is 24.0 Å². The number of ketones is 1. The molecule has 0 radical (unpaired) electrons. The molecule has 0 fully saturated rings. The van der Waals surface area contributed by atoms with Crippen LogP contribution in [-0.2, 0) is 0 Å². The molecule has 0 aliphatic carbocycles. The van der Waals surface area contributed by atoms with E-state index in [1.165, 1.54) is 0 Å². The minimum atomic E-state index is 0.0447. The minimum Gasteiger partial charge on any atom is -0.492 e. The van der Waals surface area contributed by atoms with Crippen LogP contribution in [0.4, 0.5) is 0 Å². The fourth-order valence-electron chi connectivity index (χ4n) is 1.32. The fraction of sp³-hybridized carbons (Fsp3) is 0.538. The maximum Gasteiger partial charge on any atom is 0.167 e. The van der Waals surface area contributed by atoms with Crippen LogP contribution in [-0.4, -0.2) is 17.4 Å². The highest BCUT2D eigenvalue weighted by Gasteiger charge is 2.14. The molecular formula is C13H19NO2. The summed E-state index contributed by atoms with van der Waals surface area (Å²) in [4.78, 5) is 15.9. The van der Waals surface area contributed by atoms with Crippen LogP contribution < -0.4 is 4.74 Å². The highest BCUT2D eigenvalue weighted by atomic mass is 16.5. The van der Waals surface area contributed by atoms with Crippen LogP contribution in [0.15, 0.2) is 18.5 Å². The quantitative estimate of drug-likeness (QED) is 0.693. The van der Waals surface area contributed by atoms with Crippen LogP contribution in [0.25, 0.3) is 0 Å². The van der Waals surface area contributed by atoms with E-state index in [1.54, 1.807) is 18.5 Å². The Bertz CT molecular complexity index is 350. The summed E-state index contributed by atoms with van der Waals surface area (Å²) in [5, 5.41) is 0. The predicted molar refractivity (Wildman–Crippen MR) is 63.8 cm³/mol. The zero-order valence-electron chi connectivity index (χ0n) is 10.2. The number of rotatable bonds is 6. The summed E-state index contributed by atoms with van der Waals surface area (Å²) in [7, 11) is 0. The van der Waals surface area contributed by atoms with Crippen molar-refractivity contribution in [1.82, 2.24) is 4.98 Å². The van der Waals surface area contributed by atoms with E-state index in [2.05, 4.69) is 4.98 Å². The van der Waals surface area contributed by atoms with Gasteiger partial charge in [0.1, 0.15) is 5.75 Å². The molecule has 0 N–H and O–H groups in total. The van der Waals surface area contributed by atoms with Crippen LogP contribution in [0.2, 0.25) is 0 Å². The molecule has 16 heavy (non-hydrogen) atoms. The van der Waals surface area contributed by atoms with Crippen molar-refractivity contribution in [2.45, 2.75) is 33.6 Å². The lowest BCUT2D eigenvalue weighted by molar-refractivity contribution is 0.0926. The van der Waals surface area contributed by atoms with Crippen LogP contribution >= 0.6 is 0 Å². The van der Waals surface area contributed by atoms with E-state index in [0.29, 0.717) is 17.9 Å². The number of carbonyl (C=O) groups excluding carboxylic acids is 1. The van der Waals surface area contributed by atoms with Crippen molar-refractivity contribution >= 4 is 5.78 Å². The number of hydrogen-bond donors (Lipinski definition) is 0. The van der Waals surface area contributed by atoms with Crippen LogP contribution in [0.3, 0.4) is 0 Å². The predicted octanol–water partition coefficient (Wildman–Crippen LogP) is 3.10. The van der Waals surface area contributed by atoms with E-state index >= 15 is 0 Å². The normalized spacial score (nSPS) is 12.2. The van der Waals surface area contributed by atoms with E-state index in [0.717, 1.165) is 12.8 Å².